The highest BCUT2D eigenvalue weighted by molar-refractivity contribution is 7.89. The van der Waals surface area contributed by atoms with Crippen LogP contribution >= 0.6 is 0 Å². The number of hydrogen-bond acceptors (Lipinski definition) is 5. The molecule has 1 saturated heterocycles. The van der Waals surface area contributed by atoms with Crippen LogP contribution in [0.4, 0.5) is 0 Å². The Labute approximate surface area is 118 Å². The first-order valence-corrected chi connectivity index (χ1v) is 7.89. The van der Waals surface area contributed by atoms with Crippen molar-refractivity contribution in [2.45, 2.75) is 11.3 Å². The van der Waals surface area contributed by atoms with E-state index in [-0.39, 0.29) is 10.5 Å². The van der Waals surface area contributed by atoms with Gasteiger partial charge in [-0.25, -0.2) is 13.2 Å². The van der Waals surface area contributed by atoms with E-state index in [2.05, 4.69) is 10.1 Å². The molecule has 2 rings (SSSR count). The maximum atomic E-state index is 12.5. The van der Waals surface area contributed by atoms with Crippen LogP contribution in [0.15, 0.2) is 29.2 Å². The Bertz CT molecular complexity index is 578. The van der Waals surface area contributed by atoms with E-state index in [9.17, 15) is 13.2 Å². The van der Waals surface area contributed by atoms with E-state index >= 15 is 0 Å². The van der Waals surface area contributed by atoms with Gasteiger partial charge >= 0.3 is 5.97 Å². The maximum absolute atomic E-state index is 12.5. The Hall–Kier alpha value is -1.44. The van der Waals surface area contributed by atoms with Gasteiger partial charge in [-0.15, -0.1) is 0 Å². The number of nitrogens with zero attached hydrogens (tertiary/aromatic N) is 1. The van der Waals surface area contributed by atoms with E-state index in [1.807, 2.05) is 0 Å². The zero-order chi connectivity index (χ0) is 14.6. The molecular weight excluding hydrogens is 280 g/mol. The van der Waals surface area contributed by atoms with E-state index < -0.39 is 16.0 Å². The number of nitrogens with one attached hydrogen (secondary N) is 1. The first-order valence-electron chi connectivity index (χ1n) is 6.45. The first kappa shape index (κ1) is 15.0. The van der Waals surface area contributed by atoms with Crippen LogP contribution in [0.1, 0.15) is 16.8 Å². The first-order chi connectivity index (χ1) is 9.55. The standard InChI is InChI=1S/C13H18N2O4S/c1-19-13(16)11-4-2-5-12(10-11)20(17,18)15-8-3-6-14-7-9-15/h2,4-5,10,14H,3,6-9H2,1H3. The molecule has 0 aromatic heterocycles. The zero-order valence-electron chi connectivity index (χ0n) is 11.3. The van der Waals surface area contributed by atoms with Crippen molar-refractivity contribution in [1.29, 1.82) is 0 Å². The molecule has 0 aliphatic carbocycles. The van der Waals surface area contributed by atoms with E-state index in [0.717, 1.165) is 13.0 Å². The molecule has 0 saturated carbocycles. The highest BCUT2D eigenvalue weighted by atomic mass is 32.2. The van der Waals surface area contributed by atoms with Crippen LogP contribution in [0.25, 0.3) is 0 Å². The third-order valence-electron chi connectivity index (χ3n) is 3.19. The third-order valence-corrected chi connectivity index (χ3v) is 5.09. The summed E-state index contributed by atoms with van der Waals surface area (Å²) in [7, 11) is -2.30. The molecule has 0 amide bonds. The fourth-order valence-electron chi connectivity index (χ4n) is 2.11. The van der Waals surface area contributed by atoms with Gasteiger partial charge in [-0.05, 0) is 31.2 Å². The van der Waals surface area contributed by atoms with E-state index in [0.29, 0.717) is 19.6 Å². The van der Waals surface area contributed by atoms with Gasteiger partial charge in [0, 0.05) is 19.6 Å². The lowest BCUT2D eigenvalue weighted by Crippen LogP contribution is -2.34. The van der Waals surface area contributed by atoms with Crippen molar-refractivity contribution < 1.29 is 17.9 Å². The minimum absolute atomic E-state index is 0.127. The molecule has 0 atom stereocenters. The number of ether oxygens (including phenoxy) is 1. The molecule has 110 valence electrons. The Morgan fingerprint density at radius 2 is 2.10 bits per heavy atom. The van der Waals surface area contributed by atoms with Crippen molar-refractivity contribution in [2.24, 2.45) is 0 Å². The van der Waals surface area contributed by atoms with E-state index in [1.165, 1.54) is 29.6 Å². The molecule has 7 heteroatoms. The number of carbonyl (C=O) groups excluding carboxylic acids is 1. The van der Waals surface area contributed by atoms with Gasteiger partial charge in [0.15, 0.2) is 0 Å². The van der Waals surface area contributed by atoms with Crippen LogP contribution in [0.5, 0.6) is 0 Å². The van der Waals surface area contributed by atoms with Crippen molar-refractivity contribution >= 4 is 16.0 Å². The normalized spacial score (nSPS) is 17.4. The smallest absolute Gasteiger partial charge is 0.337 e. The van der Waals surface area contributed by atoms with E-state index in [4.69, 9.17) is 0 Å². The maximum Gasteiger partial charge on any atom is 0.337 e. The Morgan fingerprint density at radius 3 is 2.85 bits per heavy atom. The highest BCUT2D eigenvalue weighted by Gasteiger charge is 2.25. The fraction of sp³-hybridized carbons (Fsp3) is 0.462. The highest BCUT2D eigenvalue weighted by Crippen LogP contribution is 2.18. The second-order valence-electron chi connectivity index (χ2n) is 4.53. The predicted molar refractivity (Wildman–Crippen MR) is 74.0 cm³/mol. The molecular formula is C13H18N2O4S. The second kappa shape index (κ2) is 6.34. The number of sulfonamides is 1. The topological polar surface area (TPSA) is 75.7 Å². The molecule has 1 N–H and O–H groups in total. The average Bonchev–Trinajstić information content (AvgIpc) is 2.76. The Kier molecular flexibility index (Phi) is 4.74. The number of methoxy groups -OCH3 is 1. The molecule has 0 unspecified atom stereocenters. The van der Waals surface area contributed by atoms with Gasteiger partial charge in [0.2, 0.25) is 10.0 Å². The van der Waals surface area contributed by atoms with Crippen LogP contribution in [0, 0.1) is 0 Å². The Morgan fingerprint density at radius 1 is 1.30 bits per heavy atom. The number of hydrogen-bond donors (Lipinski definition) is 1. The van der Waals surface area contributed by atoms with Gasteiger partial charge in [0.25, 0.3) is 0 Å². The molecule has 1 aliphatic heterocycles. The average molecular weight is 298 g/mol. The number of esters is 1. The molecule has 20 heavy (non-hydrogen) atoms. The Balaban J connectivity index is 2.31. The molecule has 1 aromatic carbocycles. The molecule has 1 aromatic rings. The van der Waals surface area contributed by atoms with Gasteiger partial charge in [0.1, 0.15) is 0 Å². The minimum atomic E-state index is -3.56. The molecule has 0 bridgehead atoms. The van der Waals surface area contributed by atoms with Gasteiger partial charge in [-0.1, -0.05) is 6.07 Å². The third kappa shape index (κ3) is 3.17. The second-order valence-corrected chi connectivity index (χ2v) is 6.46. The quantitative estimate of drug-likeness (QED) is 0.820. The summed E-state index contributed by atoms with van der Waals surface area (Å²) >= 11 is 0. The summed E-state index contributed by atoms with van der Waals surface area (Å²) in [5.41, 5.74) is 0.238. The summed E-state index contributed by atoms with van der Waals surface area (Å²) < 4.78 is 31.2. The minimum Gasteiger partial charge on any atom is -0.465 e. The number of carbonyl (C=O) groups is 1. The lowest BCUT2D eigenvalue weighted by atomic mass is 10.2. The van der Waals surface area contributed by atoms with Crippen molar-refractivity contribution in [3.8, 4) is 0 Å². The lowest BCUT2D eigenvalue weighted by molar-refractivity contribution is 0.0600. The van der Waals surface area contributed by atoms with Crippen molar-refractivity contribution in [3.05, 3.63) is 29.8 Å². The SMILES string of the molecule is COC(=O)c1cccc(S(=O)(=O)N2CCCNCC2)c1. The summed E-state index contributed by atoms with van der Waals surface area (Å²) in [6, 6.07) is 5.95. The number of rotatable bonds is 3. The summed E-state index contributed by atoms with van der Waals surface area (Å²) in [5, 5.41) is 3.16. The summed E-state index contributed by atoms with van der Waals surface area (Å²) in [5.74, 6) is -0.542. The van der Waals surface area contributed by atoms with E-state index in [1.54, 1.807) is 6.07 Å². The monoisotopic (exact) mass is 298 g/mol. The molecule has 1 fully saturated rings. The molecule has 1 aliphatic rings. The van der Waals surface area contributed by atoms with Gasteiger partial charge < -0.3 is 10.1 Å². The molecule has 6 nitrogen and oxygen atoms in total. The molecule has 0 radical (unpaired) electrons. The summed E-state index contributed by atoms with van der Waals surface area (Å²) in [4.78, 5) is 11.6. The van der Waals surface area contributed by atoms with Crippen molar-refractivity contribution in [2.75, 3.05) is 33.3 Å². The van der Waals surface area contributed by atoms with Gasteiger partial charge in [-0.3, -0.25) is 0 Å². The van der Waals surface area contributed by atoms with Crippen molar-refractivity contribution in [1.82, 2.24) is 9.62 Å². The number of benzene rings is 1. The van der Waals surface area contributed by atoms with Crippen LogP contribution in [0.3, 0.4) is 0 Å². The predicted octanol–water partition coefficient (Wildman–Crippen LogP) is 0.457. The van der Waals surface area contributed by atoms with Crippen molar-refractivity contribution in [3.63, 3.8) is 0 Å². The summed E-state index contributed by atoms with van der Waals surface area (Å²) in [6.45, 7) is 2.37. The van der Waals surface area contributed by atoms with Crippen LogP contribution in [0.2, 0.25) is 0 Å². The zero-order valence-corrected chi connectivity index (χ0v) is 12.1. The van der Waals surface area contributed by atoms with Gasteiger partial charge in [-0.2, -0.15) is 4.31 Å². The fourth-order valence-corrected chi connectivity index (χ4v) is 3.64. The van der Waals surface area contributed by atoms with Crippen LogP contribution < -0.4 is 5.32 Å². The lowest BCUT2D eigenvalue weighted by Gasteiger charge is -2.19. The van der Waals surface area contributed by atoms with Gasteiger partial charge in [0.05, 0.1) is 17.6 Å². The van der Waals surface area contributed by atoms with Crippen LogP contribution in [-0.4, -0.2) is 52.0 Å². The largest absolute Gasteiger partial charge is 0.465 e. The molecule has 0 spiro atoms. The molecule has 1 heterocycles. The summed E-state index contributed by atoms with van der Waals surface area (Å²) in [6.07, 6.45) is 0.774. The van der Waals surface area contributed by atoms with Crippen LogP contribution in [-0.2, 0) is 14.8 Å².